The van der Waals surface area contributed by atoms with Crippen LogP contribution in [0.25, 0.3) is 11.1 Å². The van der Waals surface area contributed by atoms with Crippen LogP contribution in [0.4, 0.5) is 4.39 Å². The van der Waals surface area contributed by atoms with E-state index in [1.807, 2.05) is 0 Å². The molecule has 1 aromatic carbocycles. The summed E-state index contributed by atoms with van der Waals surface area (Å²) in [4.78, 5) is 4.40. The standard InChI is InChI=1S/C14H16ClFN2O/c1-8-3-2-4-14(17,7-8)13-18-11-5-9(15)10(16)6-12(11)19-13/h5-6,8H,2-4,7,17H2,1H3. The molecule has 1 fully saturated rings. The van der Waals surface area contributed by atoms with Gasteiger partial charge in [-0.15, -0.1) is 0 Å². The molecule has 1 saturated carbocycles. The summed E-state index contributed by atoms with van der Waals surface area (Å²) in [5.74, 6) is 0.546. The highest BCUT2D eigenvalue weighted by molar-refractivity contribution is 6.31. The lowest BCUT2D eigenvalue weighted by molar-refractivity contribution is 0.201. The molecule has 3 nitrogen and oxygen atoms in total. The molecule has 0 saturated heterocycles. The number of nitrogens with two attached hydrogens (primary N) is 1. The number of hydrogen-bond acceptors (Lipinski definition) is 3. The lowest BCUT2D eigenvalue weighted by Gasteiger charge is -2.33. The molecule has 0 radical (unpaired) electrons. The topological polar surface area (TPSA) is 52.0 Å². The van der Waals surface area contributed by atoms with Crippen LogP contribution in [0, 0.1) is 11.7 Å². The lowest BCUT2D eigenvalue weighted by Crippen LogP contribution is -2.41. The SMILES string of the molecule is CC1CCCC(N)(c2nc3cc(Cl)c(F)cc3o2)C1. The average Bonchev–Trinajstić information content (AvgIpc) is 2.73. The highest BCUT2D eigenvalue weighted by atomic mass is 35.5. The van der Waals surface area contributed by atoms with E-state index >= 15 is 0 Å². The van der Waals surface area contributed by atoms with Crippen molar-refractivity contribution in [2.75, 3.05) is 0 Å². The molecule has 1 aliphatic rings. The maximum atomic E-state index is 13.4. The molecule has 0 spiro atoms. The van der Waals surface area contributed by atoms with Crippen LogP contribution in [0.5, 0.6) is 0 Å². The van der Waals surface area contributed by atoms with Crippen molar-refractivity contribution in [3.8, 4) is 0 Å². The fraction of sp³-hybridized carbons (Fsp3) is 0.500. The molecule has 1 heterocycles. The van der Waals surface area contributed by atoms with Crippen LogP contribution in [0.2, 0.25) is 5.02 Å². The molecular weight excluding hydrogens is 267 g/mol. The van der Waals surface area contributed by atoms with E-state index in [2.05, 4.69) is 11.9 Å². The van der Waals surface area contributed by atoms with Gasteiger partial charge < -0.3 is 10.2 Å². The Morgan fingerprint density at radius 1 is 1.53 bits per heavy atom. The van der Waals surface area contributed by atoms with Crippen molar-refractivity contribution in [3.63, 3.8) is 0 Å². The zero-order valence-electron chi connectivity index (χ0n) is 10.7. The summed E-state index contributed by atoms with van der Waals surface area (Å²) < 4.78 is 19.1. The Labute approximate surface area is 115 Å². The normalized spacial score (nSPS) is 27.9. The Morgan fingerprint density at radius 3 is 3.05 bits per heavy atom. The van der Waals surface area contributed by atoms with Gasteiger partial charge in [0.15, 0.2) is 5.58 Å². The Hall–Kier alpha value is -1.13. The zero-order valence-corrected chi connectivity index (χ0v) is 11.5. The number of halogens is 2. The van der Waals surface area contributed by atoms with E-state index in [9.17, 15) is 4.39 Å². The van der Waals surface area contributed by atoms with Gasteiger partial charge in [-0.3, -0.25) is 0 Å². The minimum atomic E-state index is -0.542. The molecule has 2 aromatic rings. The Bertz CT molecular complexity index is 588. The number of nitrogens with zero attached hydrogens (tertiary/aromatic N) is 1. The van der Waals surface area contributed by atoms with Gasteiger partial charge in [-0.05, 0) is 24.8 Å². The molecule has 0 amide bonds. The average molecular weight is 283 g/mol. The summed E-state index contributed by atoms with van der Waals surface area (Å²) in [5, 5.41) is 0.0513. The fourth-order valence-electron chi connectivity index (χ4n) is 2.92. The van der Waals surface area contributed by atoms with E-state index in [1.165, 1.54) is 18.6 Å². The summed E-state index contributed by atoms with van der Waals surface area (Å²) >= 11 is 5.75. The smallest absolute Gasteiger partial charge is 0.215 e. The molecule has 102 valence electrons. The van der Waals surface area contributed by atoms with Crippen molar-refractivity contribution in [2.24, 2.45) is 11.7 Å². The highest BCUT2D eigenvalue weighted by Crippen LogP contribution is 2.38. The van der Waals surface area contributed by atoms with Gasteiger partial charge in [0.1, 0.15) is 11.3 Å². The van der Waals surface area contributed by atoms with Crippen LogP contribution >= 0.6 is 11.6 Å². The number of hydrogen-bond donors (Lipinski definition) is 1. The molecule has 19 heavy (non-hydrogen) atoms. The first kappa shape index (κ1) is 12.9. The van der Waals surface area contributed by atoms with Crippen LogP contribution in [0.3, 0.4) is 0 Å². The lowest BCUT2D eigenvalue weighted by atomic mass is 9.77. The summed E-state index contributed by atoms with van der Waals surface area (Å²) in [7, 11) is 0. The van der Waals surface area contributed by atoms with Crippen LogP contribution in [-0.4, -0.2) is 4.98 Å². The first-order valence-corrected chi connectivity index (χ1v) is 6.91. The molecule has 5 heteroatoms. The Morgan fingerprint density at radius 2 is 2.32 bits per heavy atom. The van der Waals surface area contributed by atoms with E-state index in [-0.39, 0.29) is 5.02 Å². The predicted octanol–water partition coefficient (Wildman–Crippen LogP) is 3.98. The number of fused-ring (bicyclic) bond motifs is 1. The second kappa shape index (κ2) is 4.46. The molecule has 1 aliphatic carbocycles. The molecule has 0 bridgehead atoms. The van der Waals surface area contributed by atoms with Gasteiger partial charge in [0, 0.05) is 6.07 Å². The molecule has 2 atom stereocenters. The quantitative estimate of drug-likeness (QED) is 0.860. The van der Waals surface area contributed by atoms with E-state index in [1.54, 1.807) is 0 Å². The van der Waals surface area contributed by atoms with Crippen molar-refractivity contribution < 1.29 is 8.81 Å². The van der Waals surface area contributed by atoms with Crippen molar-refractivity contribution >= 4 is 22.7 Å². The maximum Gasteiger partial charge on any atom is 0.215 e. The third-order valence-electron chi connectivity index (χ3n) is 3.89. The minimum absolute atomic E-state index is 0.0513. The molecule has 3 rings (SSSR count). The summed E-state index contributed by atoms with van der Waals surface area (Å²) in [6.45, 7) is 2.18. The van der Waals surface area contributed by atoms with E-state index in [0.29, 0.717) is 22.9 Å². The summed E-state index contributed by atoms with van der Waals surface area (Å²) in [6, 6.07) is 2.75. The monoisotopic (exact) mass is 282 g/mol. The van der Waals surface area contributed by atoms with E-state index < -0.39 is 11.4 Å². The van der Waals surface area contributed by atoms with Crippen molar-refractivity contribution in [2.45, 2.75) is 38.1 Å². The van der Waals surface area contributed by atoms with E-state index in [4.69, 9.17) is 21.8 Å². The van der Waals surface area contributed by atoms with Crippen LogP contribution < -0.4 is 5.73 Å². The van der Waals surface area contributed by atoms with Gasteiger partial charge in [0.05, 0.1) is 10.6 Å². The van der Waals surface area contributed by atoms with Crippen molar-refractivity contribution in [1.82, 2.24) is 4.98 Å². The predicted molar refractivity (Wildman–Crippen MR) is 72.5 cm³/mol. The Kier molecular flexibility index (Phi) is 3.02. The van der Waals surface area contributed by atoms with Gasteiger partial charge in [0.25, 0.3) is 0 Å². The number of oxazole rings is 1. The maximum absolute atomic E-state index is 13.4. The molecule has 0 aliphatic heterocycles. The Balaban J connectivity index is 2.05. The fourth-order valence-corrected chi connectivity index (χ4v) is 3.08. The second-order valence-corrected chi connectivity index (χ2v) is 6.02. The van der Waals surface area contributed by atoms with Crippen LogP contribution in [0.1, 0.15) is 38.5 Å². The summed E-state index contributed by atoms with van der Waals surface area (Å²) in [6.07, 6.45) is 3.93. The van der Waals surface area contributed by atoms with Gasteiger partial charge in [-0.2, -0.15) is 0 Å². The number of rotatable bonds is 1. The van der Waals surface area contributed by atoms with Crippen LogP contribution in [-0.2, 0) is 5.54 Å². The van der Waals surface area contributed by atoms with E-state index in [0.717, 1.165) is 19.3 Å². The third kappa shape index (κ3) is 2.23. The van der Waals surface area contributed by atoms with Gasteiger partial charge in [-0.25, -0.2) is 9.37 Å². The van der Waals surface area contributed by atoms with Gasteiger partial charge in [0.2, 0.25) is 5.89 Å². The zero-order chi connectivity index (χ0) is 13.6. The first-order valence-electron chi connectivity index (χ1n) is 6.53. The second-order valence-electron chi connectivity index (χ2n) is 5.61. The largest absolute Gasteiger partial charge is 0.439 e. The van der Waals surface area contributed by atoms with Gasteiger partial charge >= 0.3 is 0 Å². The number of benzene rings is 1. The molecule has 1 aromatic heterocycles. The molecular formula is C14H16ClFN2O. The van der Waals surface area contributed by atoms with Crippen LogP contribution in [0.15, 0.2) is 16.5 Å². The third-order valence-corrected chi connectivity index (χ3v) is 4.18. The molecule has 2 N–H and O–H groups in total. The highest BCUT2D eigenvalue weighted by Gasteiger charge is 2.37. The number of aromatic nitrogens is 1. The first-order chi connectivity index (χ1) is 8.98. The summed E-state index contributed by atoms with van der Waals surface area (Å²) in [5.41, 5.74) is 6.85. The van der Waals surface area contributed by atoms with Crippen molar-refractivity contribution in [3.05, 3.63) is 28.9 Å². The minimum Gasteiger partial charge on any atom is -0.439 e. The van der Waals surface area contributed by atoms with Crippen molar-refractivity contribution in [1.29, 1.82) is 0 Å². The molecule has 2 unspecified atom stereocenters. The van der Waals surface area contributed by atoms with Gasteiger partial charge in [-0.1, -0.05) is 31.4 Å².